The summed E-state index contributed by atoms with van der Waals surface area (Å²) in [6.45, 7) is 3.62. The molecule has 104 valence electrons. The Balaban J connectivity index is 2.00. The molecule has 0 bridgehead atoms. The lowest BCUT2D eigenvalue weighted by molar-refractivity contribution is 0.0690. The Morgan fingerprint density at radius 1 is 1.63 bits per heavy atom. The molecule has 0 aromatic carbocycles. The number of carboxylic acids is 1. The van der Waals surface area contributed by atoms with Gasteiger partial charge in [-0.2, -0.15) is 0 Å². The molecule has 2 rings (SSSR count). The number of pyridine rings is 1. The topological polar surface area (TPSA) is 71.5 Å². The molecule has 1 aliphatic heterocycles. The summed E-state index contributed by atoms with van der Waals surface area (Å²) in [4.78, 5) is 14.9. The third-order valence-electron chi connectivity index (χ3n) is 3.34. The van der Waals surface area contributed by atoms with Crippen LogP contribution in [0, 0.1) is 5.92 Å². The van der Waals surface area contributed by atoms with Crippen molar-refractivity contribution in [3.05, 3.63) is 22.8 Å². The number of halogens is 1. The van der Waals surface area contributed by atoms with Crippen molar-refractivity contribution in [3.8, 4) is 0 Å². The van der Waals surface area contributed by atoms with Crippen LogP contribution in [0.15, 0.2) is 12.1 Å². The minimum absolute atomic E-state index is 0.124. The number of ether oxygens (including phenoxy) is 1. The molecule has 19 heavy (non-hydrogen) atoms. The van der Waals surface area contributed by atoms with Crippen molar-refractivity contribution < 1.29 is 14.6 Å². The Morgan fingerprint density at radius 2 is 2.42 bits per heavy atom. The Bertz CT molecular complexity index is 467. The van der Waals surface area contributed by atoms with Crippen molar-refractivity contribution in [2.45, 2.75) is 25.9 Å². The van der Waals surface area contributed by atoms with E-state index in [0.717, 1.165) is 26.0 Å². The predicted molar refractivity (Wildman–Crippen MR) is 72.8 cm³/mol. The number of nitrogens with zero attached hydrogens (tertiary/aromatic N) is 1. The number of aromatic nitrogens is 1. The van der Waals surface area contributed by atoms with Crippen molar-refractivity contribution in [1.82, 2.24) is 4.98 Å². The van der Waals surface area contributed by atoms with Crippen molar-refractivity contribution in [3.63, 3.8) is 0 Å². The van der Waals surface area contributed by atoms with Crippen molar-refractivity contribution in [2.75, 3.05) is 18.5 Å². The molecule has 0 aliphatic carbocycles. The number of anilines is 1. The van der Waals surface area contributed by atoms with E-state index in [1.165, 1.54) is 0 Å². The average Bonchev–Trinajstić information content (AvgIpc) is 2.84. The highest BCUT2D eigenvalue weighted by Crippen LogP contribution is 2.24. The second-order valence-corrected chi connectivity index (χ2v) is 4.99. The fraction of sp³-hybridized carbons (Fsp3) is 0.538. The molecule has 0 spiro atoms. The molecule has 2 atom stereocenters. The van der Waals surface area contributed by atoms with Gasteiger partial charge in [0.2, 0.25) is 0 Å². The maximum Gasteiger partial charge on any atom is 0.356 e. The van der Waals surface area contributed by atoms with Gasteiger partial charge in [-0.05, 0) is 25.0 Å². The lowest BCUT2D eigenvalue weighted by Gasteiger charge is -2.17. The van der Waals surface area contributed by atoms with Gasteiger partial charge in [-0.25, -0.2) is 9.78 Å². The van der Waals surface area contributed by atoms with Gasteiger partial charge in [-0.15, -0.1) is 0 Å². The summed E-state index contributed by atoms with van der Waals surface area (Å²) < 4.78 is 5.61. The molecular formula is C13H17ClN2O3. The van der Waals surface area contributed by atoms with Crippen molar-refractivity contribution >= 4 is 23.4 Å². The normalized spacial score (nSPS) is 22.4. The van der Waals surface area contributed by atoms with E-state index in [4.69, 9.17) is 21.4 Å². The molecule has 2 heterocycles. The van der Waals surface area contributed by atoms with Gasteiger partial charge in [0.05, 0.1) is 11.1 Å². The number of carboxylic acid groups (broad SMARTS) is 1. The third-order valence-corrected chi connectivity index (χ3v) is 3.65. The second kappa shape index (κ2) is 6.21. The van der Waals surface area contributed by atoms with Crippen LogP contribution in [0.3, 0.4) is 0 Å². The van der Waals surface area contributed by atoms with Gasteiger partial charge in [0, 0.05) is 19.1 Å². The number of nitrogens with one attached hydrogen (secondary N) is 1. The minimum atomic E-state index is -1.12. The highest BCUT2D eigenvalue weighted by atomic mass is 35.5. The first kappa shape index (κ1) is 14.1. The zero-order valence-electron chi connectivity index (χ0n) is 10.7. The first-order chi connectivity index (χ1) is 9.11. The van der Waals surface area contributed by atoms with Crippen LogP contribution in [0.2, 0.25) is 5.02 Å². The van der Waals surface area contributed by atoms with Gasteiger partial charge in [-0.1, -0.05) is 18.5 Å². The Labute approximate surface area is 116 Å². The summed E-state index contributed by atoms with van der Waals surface area (Å²) >= 11 is 5.77. The first-order valence-electron chi connectivity index (χ1n) is 6.37. The number of hydrogen-bond acceptors (Lipinski definition) is 4. The average molecular weight is 285 g/mol. The molecule has 0 amide bonds. The molecule has 2 N–H and O–H groups in total. The van der Waals surface area contributed by atoms with E-state index in [1.807, 2.05) is 0 Å². The van der Waals surface area contributed by atoms with E-state index in [1.54, 1.807) is 12.1 Å². The molecule has 1 saturated heterocycles. The predicted octanol–water partition coefficient (Wildman–Crippen LogP) is 2.66. The standard InChI is InChI=1S/C13H17ClN2O3/c1-2-10-8(5-6-19-10)7-15-11-4-3-9(14)12(16-11)13(17)18/h3-4,8,10H,2,5-7H2,1H3,(H,15,16)(H,17,18). The largest absolute Gasteiger partial charge is 0.476 e. The van der Waals surface area contributed by atoms with E-state index in [2.05, 4.69) is 17.2 Å². The summed E-state index contributed by atoms with van der Waals surface area (Å²) in [5.41, 5.74) is -0.124. The first-order valence-corrected chi connectivity index (χ1v) is 6.75. The van der Waals surface area contributed by atoms with Gasteiger partial charge >= 0.3 is 5.97 Å². The molecule has 1 aliphatic rings. The van der Waals surface area contributed by atoms with Gasteiger partial charge in [0.25, 0.3) is 0 Å². The highest BCUT2D eigenvalue weighted by Gasteiger charge is 2.26. The lowest BCUT2D eigenvalue weighted by Crippen LogP contribution is -2.23. The smallest absolute Gasteiger partial charge is 0.356 e. The third kappa shape index (κ3) is 3.36. The van der Waals surface area contributed by atoms with Crippen LogP contribution < -0.4 is 5.32 Å². The molecule has 1 aromatic heterocycles. The summed E-state index contributed by atoms with van der Waals surface area (Å²) in [6.07, 6.45) is 2.28. The molecule has 1 aromatic rings. The highest BCUT2D eigenvalue weighted by molar-refractivity contribution is 6.33. The zero-order valence-corrected chi connectivity index (χ0v) is 11.5. The number of hydrogen-bond donors (Lipinski definition) is 2. The van der Waals surface area contributed by atoms with Crippen LogP contribution in [-0.4, -0.2) is 35.3 Å². The SMILES string of the molecule is CCC1OCCC1CNc1ccc(Cl)c(C(=O)O)n1. The molecular weight excluding hydrogens is 268 g/mol. The van der Waals surface area contributed by atoms with Gasteiger partial charge in [0.15, 0.2) is 5.69 Å². The Hall–Kier alpha value is -1.33. The number of carbonyl (C=O) groups is 1. The van der Waals surface area contributed by atoms with Gasteiger partial charge < -0.3 is 15.2 Å². The van der Waals surface area contributed by atoms with Gasteiger partial charge in [-0.3, -0.25) is 0 Å². The van der Waals surface area contributed by atoms with Crippen molar-refractivity contribution in [2.24, 2.45) is 5.92 Å². The fourth-order valence-corrected chi connectivity index (χ4v) is 2.49. The van der Waals surface area contributed by atoms with Crippen LogP contribution in [-0.2, 0) is 4.74 Å². The van der Waals surface area contributed by atoms with E-state index in [9.17, 15) is 4.79 Å². The molecule has 2 unspecified atom stereocenters. The number of rotatable bonds is 5. The summed E-state index contributed by atoms with van der Waals surface area (Å²) in [5, 5.41) is 12.3. The van der Waals surface area contributed by atoms with E-state index in [-0.39, 0.29) is 16.8 Å². The maximum absolute atomic E-state index is 10.9. The molecule has 0 radical (unpaired) electrons. The molecule has 5 nitrogen and oxygen atoms in total. The van der Waals surface area contributed by atoms with Crippen LogP contribution in [0.1, 0.15) is 30.3 Å². The molecule has 1 fully saturated rings. The lowest BCUT2D eigenvalue weighted by atomic mass is 10.00. The summed E-state index contributed by atoms with van der Waals surface area (Å²) in [7, 11) is 0. The maximum atomic E-state index is 10.9. The van der Waals surface area contributed by atoms with Crippen LogP contribution >= 0.6 is 11.6 Å². The Morgan fingerprint density at radius 3 is 3.11 bits per heavy atom. The van der Waals surface area contributed by atoms with Crippen LogP contribution in [0.4, 0.5) is 5.82 Å². The van der Waals surface area contributed by atoms with E-state index in [0.29, 0.717) is 11.7 Å². The second-order valence-electron chi connectivity index (χ2n) is 4.58. The fourth-order valence-electron chi connectivity index (χ4n) is 2.30. The van der Waals surface area contributed by atoms with Crippen LogP contribution in [0.5, 0.6) is 0 Å². The number of aromatic carboxylic acids is 1. The Kier molecular flexibility index (Phi) is 4.61. The monoisotopic (exact) mass is 284 g/mol. The molecule has 6 heteroatoms. The van der Waals surface area contributed by atoms with Crippen LogP contribution in [0.25, 0.3) is 0 Å². The van der Waals surface area contributed by atoms with Crippen molar-refractivity contribution in [1.29, 1.82) is 0 Å². The minimum Gasteiger partial charge on any atom is -0.476 e. The van der Waals surface area contributed by atoms with Gasteiger partial charge in [0.1, 0.15) is 5.82 Å². The van der Waals surface area contributed by atoms with E-state index >= 15 is 0 Å². The van der Waals surface area contributed by atoms with E-state index < -0.39 is 5.97 Å². The summed E-state index contributed by atoms with van der Waals surface area (Å²) in [6, 6.07) is 3.23. The zero-order chi connectivity index (χ0) is 13.8. The summed E-state index contributed by atoms with van der Waals surface area (Å²) in [5.74, 6) is -0.149. The molecule has 0 saturated carbocycles. The quantitative estimate of drug-likeness (QED) is 0.870.